The Morgan fingerprint density at radius 3 is 2.86 bits per heavy atom. The molecule has 1 amide bonds. The van der Waals surface area contributed by atoms with Gasteiger partial charge in [0.05, 0.1) is 25.8 Å². The number of ether oxygens (including phenoxy) is 1. The lowest BCUT2D eigenvalue weighted by Gasteiger charge is -2.27. The van der Waals surface area contributed by atoms with Crippen LogP contribution < -0.4 is 5.32 Å². The normalized spacial score (nSPS) is 18.7. The van der Waals surface area contributed by atoms with Gasteiger partial charge in [0.25, 0.3) is 0 Å². The molecule has 1 N–H and O–H groups in total. The van der Waals surface area contributed by atoms with Crippen LogP contribution in [0.1, 0.15) is 6.92 Å². The fourth-order valence-electron chi connectivity index (χ4n) is 1.22. The van der Waals surface area contributed by atoms with Gasteiger partial charge in [-0.2, -0.15) is 0 Å². The fraction of sp³-hybridized carbons (Fsp3) is 0.700. The molecule has 0 aliphatic carbocycles. The summed E-state index contributed by atoms with van der Waals surface area (Å²) in [6.07, 6.45) is 5.18. The summed E-state index contributed by atoms with van der Waals surface area (Å²) in [6, 6.07) is -0.0556. The number of terminal acetylenes is 1. The molecule has 0 aromatic carbocycles. The van der Waals surface area contributed by atoms with Gasteiger partial charge in [-0.05, 0) is 6.92 Å². The van der Waals surface area contributed by atoms with Crippen LogP contribution in [0.3, 0.4) is 0 Å². The molecule has 1 fully saturated rings. The van der Waals surface area contributed by atoms with E-state index in [1.165, 1.54) is 0 Å². The lowest BCUT2D eigenvalue weighted by molar-refractivity contribution is -0.134. The molecular formula is C10H16N2O2. The van der Waals surface area contributed by atoms with Crippen LogP contribution in [0.25, 0.3) is 0 Å². The maximum Gasteiger partial charge on any atom is 0.236 e. The molecule has 4 nitrogen and oxygen atoms in total. The smallest absolute Gasteiger partial charge is 0.236 e. The van der Waals surface area contributed by atoms with Gasteiger partial charge in [-0.1, -0.05) is 5.92 Å². The summed E-state index contributed by atoms with van der Waals surface area (Å²) in [6.45, 7) is 4.81. The van der Waals surface area contributed by atoms with Crippen molar-refractivity contribution in [1.82, 2.24) is 10.2 Å². The number of carbonyl (C=O) groups excluding carboxylic acids is 1. The van der Waals surface area contributed by atoms with Gasteiger partial charge in [0.15, 0.2) is 0 Å². The summed E-state index contributed by atoms with van der Waals surface area (Å²) in [5.41, 5.74) is 0. The SMILES string of the molecule is C#CC(C)NCC(=O)N1CCOCC1. The van der Waals surface area contributed by atoms with Crippen molar-refractivity contribution in [3.05, 3.63) is 0 Å². The first kappa shape index (κ1) is 11.0. The second-order valence-electron chi connectivity index (χ2n) is 3.26. The van der Waals surface area contributed by atoms with Crippen molar-refractivity contribution in [2.75, 3.05) is 32.8 Å². The Morgan fingerprint density at radius 1 is 1.64 bits per heavy atom. The van der Waals surface area contributed by atoms with Crippen molar-refractivity contribution < 1.29 is 9.53 Å². The Bertz CT molecular complexity index is 229. The van der Waals surface area contributed by atoms with Gasteiger partial charge in [0.1, 0.15) is 0 Å². The molecule has 0 saturated carbocycles. The first-order valence-corrected chi connectivity index (χ1v) is 4.79. The zero-order valence-electron chi connectivity index (χ0n) is 8.45. The minimum atomic E-state index is -0.0556. The highest BCUT2D eigenvalue weighted by atomic mass is 16.5. The molecule has 1 rings (SSSR count). The minimum absolute atomic E-state index is 0.0556. The Balaban J connectivity index is 2.24. The van der Waals surface area contributed by atoms with Crippen molar-refractivity contribution in [2.45, 2.75) is 13.0 Å². The number of carbonyl (C=O) groups is 1. The Kier molecular flexibility index (Phi) is 4.44. The Morgan fingerprint density at radius 2 is 2.29 bits per heavy atom. The van der Waals surface area contributed by atoms with Crippen LogP contribution in [0.2, 0.25) is 0 Å². The summed E-state index contributed by atoms with van der Waals surface area (Å²) in [5, 5.41) is 2.96. The van der Waals surface area contributed by atoms with Crippen LogP contribution >= 0.6 is 0 Å². The van der Waals surface area contributed by atoms with Crippen molar-refractivity contribution in [2.24, 2.45) is 0 Å². The second kappa shape index (κ2) is 5.63. The molecule has 1 aliphatic rings. The number of amides is 1. The molecule has 0 radical (unpaired) electrons. The van der Waals surface area contributed by atoms with Gasteiger partial charge in [-0.15, -0.1) is 6.42 Å². The van der Waals surface area contributed by atoms with Gasteiger partial charge in [-0.3, -0.25) is 10.1 Å². The molecule has 14 heavy (non-hydrogen) atoms. The van der Waals surface area contributed by atoms with Crippen molar-refractivity contribution in [1.29, 1.82) is 0 Å². The summed E-state index contributed by atoms with van der Waals surface area (Å²) in [7, 11) is 0. The second-order valence-corrected chi connectivity index (χ2v) is 3.26. The van der Waals surface area contributed by atoms with Gasteiger partial charge in [0.2, 0.25) is 5.91 Å². The Labute approximate surface area is 84.6 Å². The quantitative estimate of drug-likeness (QED) is 0.616. The Hall–Kier alpha value is -1.05. The van der Waals surface area contributed by atoms with Gasteiger partial charge in [0, 0.05) is 13.1 Å². The van der Waals surface area contributed by atoms with E-state index in [4.69, 9.17) is 11.2 Å². The van der Waals surface area contributed by atoms with Crippen LogP contribution in [-0.2, 0) is 9.53 Å². The molecular weight excluding hydrogens is 180 g/mol. The lowest BCUT2D eigenvalue weighted by Crippen LogP contribution is -2.45. The predicted molar refractivity (Wildman–Crippen MR) is 53.7 cm³/mol. The molecule has 1 heterocycles. The van der Waals surface area contributed by atoms with Crippen LogP contribution in [0.5, 0.6) is 0 Å². The largest absolute Gasteiger partial charge is 0.378 e. The van der Waals surface area contributed by atoms with E-state index in [1.807, 2.05) is 6.92 Å². The van der Waals surface area contributed by atoms with Crippen LogP contribution in [0.4, 0.5) is 0 Å². The monoisotopic (exact) mass is 196 g/mol. The number of morpholine rings is 1. The molecule has 78 valence electrons. The van der Waals surface area contributed by atoms with Crippen molar-refractivity contribution in [3.8, 4) is 12.3 Å². The molecule has 1 atom stereocenters. The third-order valence-corrected chi connectivity index (χ3v) is 2.17. The molecule has 0 spiro atoms. The van der Waals surface area contributed by atoms with Crippen LogP contribution in [-0.4, -0.2) is 49.7 Å². The first-order valence-electron chi connectivity index (χ1n) is 4.79. The zero-order valence-corrected chi connectivity index (χ0v) is 8.45. The first-order chi connectivity index (χ1) is 6.74. The molecule has 0 bridgehead atoms. The molecule has 1 aliphatic heterocycles. The van der Waals surface area contributed by atoms with Gasteiger partial charge in [-0.25, -0.2) is 0 Å². The van der Waals surface area contributed by atoms with E-state index in [0.29, 0.717) is 32.8 Å². The summed E-state index contributed by atoms with van der Waals surface area (Å²) in [5.74, 6) is 2.61. The summed E-state index contributed by atoms with van der Waals surface area (Å²) >= 11 is 0. The summed E-state index contributed by atoms with van der Waals surface area (Å²) in [4.78, 5) is 13.3. The van der Waals surface area contributed by atoms with Crippen LogP contribution in [0.15, 0.2) is 0 Å². The highest BCUT2D eigenvalue weighted by Crippen LogP contribution is 1.96. The summed E-state index contributed by atoms with van der Waals surface area (Å²) < 4.78 is 5.15. The van der Waals surface area contributed by atoms with E-state index >= 15 is 0 Å². The number of nitrogens with zero attached hydrogens (tertiary/aromatic N) is 1. The molecule has 0 aromatic rings. The third kappa shape index (κ3) is 3.36. The topological polar surface area (TPSA) is 41.6 Å². The average Bonchev–Trinajstić information content (AvgIpc) is 2.26. The highest BCUT2D eigenvalue weighted by molar-refractivity contribution is 5.78. The number of nitrogens with one attached hydrogen (secondary N) is 1. The van der Waals surface area contributed by atoms with Gasteiger partial charge < -0.3 is 9.64 Å². The van der Waals surface area contributed by atoms with Crippen molar-refractivity contribution >= 4 is 5.91 Å². The zero-order chi connectivity index (χ0) is 10.4. The van der Waals surface area contributed by atoms with E-state index in [-0.39, 0.29) is 11.9 Å². The predicted octanol–water partition coefficient (Wildman–Crippen LogP) is -0.543. The maximum atomic E-state index is 11.6. The van der Waals surface area contributed by atoms with E-state index in [9.17, 15) is 4.79 Å². The van der Waals surface area contributed by atoms with Crippen LogP contribution in [0, 0.1) is 12.3 Å². The molecule has 1 saturated heterocycles. The average molecular weight is 196 g/mol. The number of hydrogen-bond acceptors (Lipinski definition) is 3. The molecule has 0 aromatic heterocycles. The third-order valence-electron chi connectivity index (χ3n) is 2.17. The molecule has 4 heteroatoms. The standard InChI is InChI=1S/C10H16N2O2/c1-3-9(2)11-8-10(13)12-4-6-14-7-5-12/h1,9,11H,4-8H2,2H3. The van der Waals surface area contributed by atoms with E-state index in [2.05, 4.69) is 11.2 Å². The van der Waals surface area contributed by atoms with Gasteiger partial charge >= 0.3 is 0 Å². The number of rotatable bonds is 3. The highest BCUT2D eigenvalue weighted by Gasteiger charge is 2.16. The van der Waals surface area contributed by atoms with E-state index < -0.39 is 0 Å². The number of hydrogen-bond donors (Lipinski definition) is 1. The van der Waals surface area contributed by atoms with E-state index in [1.54, 1.807) is 4.90 Å². The maximum absolute atomic E-state index is 11.6. The van der Waals surface area contributed by atoms with E-state index in [0.717, 1.165) is 0 Å². The fourth-order valence-corrected chi connectivity index (χ4v) is 1.22. The lowest BCUT2D eigenvalue weighted by atomic mass is 10.3. The molecule has 1 unspecified atom stereocenters. The van der Waals surface area contributed by atoms with Crippen molar-refractivity contribution in [3.63, 3.8) is 0 Å². The minimum Gasteiger partial charge on any atom is -0.378 e.